The van der Waals surface area contributed by atoms with Crippen LogP contribution in [0.2, 0.25) is 5.02 Å². The van der Waals surface area contributed by atoms with Crippen molar-refractivity contribution in [2.45, 2.75) is 6.54 Å². The third kappa shape index (κ3) is 3.85. The molecule has 0 aliphatic heterocycles. The Morgan fingerprint density at radius 1 is 1.35 bits per heavy atom. The molecule has 0 spiro atoms. The number of halogens is 1. The van der Waals surface area contributed by atoms with Gasteiger partial charge in [0.2, 0.25) is 0 Å². The fraction of sp³-hybridized carbons (Fsp3) is 0.133. The van der Waals surface area contributed by atoms with Crippen LogP contribution in [0.4, 0.5) is 10.5 Å². The molecular formula is C15H15ClN2OS. The molecule has 0 unspecified atom stereocenters. The summed E-state index contributed by atoms with van der Waals surface area (Å²) in [5.74, 6) is 0. The van der Waals surface area contributed by atoms with Crippen LogP contribution in [0.1, 0.15) is 4.88 Å². The molecule has 1 aromatic carbocycles. The highest BCUT2D eigenvalue weighted by atomic mass is 35.5. The third-order valence-electron chi connectivity index (χ3n) is 2.68. The number of carbonyl (C=O) groups excluding carboxylic acids is 1. The zero-order chi connectivity index (χ0) is 14.4. The van der Waals surface area contributed by atoms with E-state index < -0.39 is 0 Å². The first-order valence-corrected chi connectivity index (χ1v) is 7.40. The van der Waals surface area contributed by atoms with Gasteiger partial charge < -0.3 is 10.2 Å². The minimum absolute atomic E-state index is 0.189. The second-order valence-corrected chi connectivity index (χ2v) is 5.60. The maximum atomic E-state index is 12.3. The number of para-hydroxylation sites is 1. The highest BCUT2D eigenvalue weighted by Gasteiger charge is 2.14. The van der Waals surface area contributed by atoms with Gasteiger partial charge >= 0.3 is 6.03 Å². The molecule has 1 aromatic heterocycles. The van der Waals surface area contributed by atoms with Gasteiger partial charge in [-0.1, -0.05) is 35.9 Å². The highest BCUT2D eigenvalue weighted by molar-refractivity contribution is 7.09. The average Bonchev–Trinajstić information content (AvgIpc) is 2.94. The lowest BCUT2D eigenvalue weighted by Gasteiger charge is -2.21. The van der Waals surface area contributed by atoms with Crippen molar-refractivity contribution in [1.82, 2.24) is 4.90 Å². The van der Waals surface area contributed by atoms with E-state index >= 15 is 0 Å². The monoisotopic (exact) mass is 306 g/mol. The lowest BCUT2D eigenvalue weighted by Crippen LogP contribution is -2.34. The van der Waals surface area contributed by atoms with E-state index in [-0.39, 0.29) is 6.03 Å². The van der Waals surface area contributed by atoms with Crippen molar-refractivity contribution in [2.24, 2.45) is 0 Å². The first kappa shape index (κ1) is 14.6. The molecule has 0 aliphatic carbocycles. The summed E-state index contributed by atoms with van der Waals surface area (Å²) in [6.07, 6.45) is 1.71. The van der Waals surface area contributed by atoms with E-state index in [1.807, 2.05) is 29.6 Å². The summed E-state index contributed by atoms with van der Waals surface area (Å²) < 4.78 is 0. The van der Waals surface area contributed by atoms with E-state index in [1.165, 1.54) is 0 Å². The molecular weight excluding hydrogens is 292 g/mol. The van der Waals surface area contributed by atoms with Crippen LogP contribution in [0.5, 0.6) is 0 Å². The van der Waals surface area contributed by atoms with Crippen molar-refractivity contribution >= 4 is 34.7 Å². The first-order valence-electron chi connectivity index (χ1n) is 6.14. The molecule has 0 aliphatic rings. The van der Waals surface area contributed by atoms with Crippen molar-refractivity contribution < 1.29 is 4.79 Å². The zero-order valence-electron chi connectivity index (χ0n) is 10.9. The number of benzene rings is 1. The predicted octanol–water partition coefficient (Wildman–Crippen LogP) is 4.62. The van der Waals surface area contributed by atoms with Crippen LogP contribution in [-0.2, 0) is 6.54 Å². The molecule has 1 heterocycles. The van der Waals surface area contributed by atoms with Crippen molar-refractivity contribution in [3.05, 3.63) is 64.3 Å². The van der Waals surface area contributed by atoms with Gasteiger partial charge in [0, 0.05) is 11.4 Å². The number of thiophene rings is 1. The Morgan fingerprint density at radius 2 is 2.15 bits per heavy atom. The van der Waals surface area contributed by atoms with Gasteiger partial charge in [0.15, 0.2) is 0 Å². The van der Waals surface area contributed by atoms with Gasteiger partial charge in [0.1, 0.15) is 0 Å². The van der Waals surface area contributed by atoms with Gasteiger partial charge in [0.25, 0.3) is 0 Å². The lowest BCUT2D eigenvalue weighted by atomic mass is 10.3. The second-order valence-electron chi connectivity index (χ2n) is 4.16. The number of rotatable bonds is 5. The fourth-order valence-corrected chi connectivity index (χ4v) is 2.63. The molecule has 0 saturated heterocycles. The van der Waals surface area contributed by atoms with Crippen LogP contribution in [0.25, 0.3) is 0 Å². The van der Waals surface area contributed by atoms with Crippen LogP contribution >= 0.6 is 22.9 Å². The van der Waals surface area contributed by atoms with Gasteiger partial charge in [-0.15, -0.1) is 17.9 Å². The molecule has 1 N–H and O–H groups in total. The largest absolute Gasteiger partial charge is 0.322 e. The van der Waals surface area contributed by atoms with E-state index in [2.05, 4.69) is 11.9 Å². The lowest BCUT2D eigenvalue weighted by molar-refractivity contribution is 0.215. The SMILES string of the molecule is C=CCN(Cc1cccs1)C(=O)Nc1ccccc1Cl. The number of urea groups is 1. The maximum absolute atomic E-state index is 12.3. The van der Waals surface area contributed by atoms with Crippen molar-refractivity contribution in [2.75, 3.05) is 11.9 Å². The standard InChI is InChI=1S/C15H15ClN2OS/c1-2-9-18(11-12-6-5-10-20-12)15(19)17-14-8-4-3-7-13(14)16/h2-8,10H,1,9,11H2,(H,17,19). The number of anilines is 1. The van der Waals surface area contributed by atoms with Crippen LogP contribution in [0.3, 0.4) is 0 Å². The van der Waals surface area contributed by atoms with Gasteiger partial charge in [-0.3, -0.25) is 0 Å². The Labute approximate surface area is 127 Å². The van der Waals surface area contributed by atoms with E-state index in [1.54, 1.807) is 34.4 Å². The summed E-state index contributed by atoms with van der Waals surface area (Å²) >= 11 is 7.66. The smallest absolute Gasteiger partial charge is 0.316 e. The van der Waals surface area contributed by atoms with Crippen molar-refractivity contribution in [3.8, 4) is 0 Å². The Bertz CT molecular complexity index is 583. The van der Waals surface area contributed by atoms with E-state index in [0.29, 0.717) is 23.8 Å². The molecule has 0 saturated carbocycles. The van der Waals surface area contributed by atoms with Gasteiger partial charge in [0.05, 0.1) is 17.3 Å². The van der Waals surface area contributed by atoms with Gasteiger partial charge in [-0.05, 0) is 23.6 Å². The average molecular weight is 307 g/mol. The molecule has 0 bridgehead atoms. The summed E-state index contributed by atoms with van der Waals surface area (Å²) in [5, 5.41) is 5.34. The number of amides is 2. The number of hydrogen-bond acceptors (Lipinski definition) is 2. The molecule has 5 heteroatoms. The van der Waals surface area contributed by atoms with Crippen LogP contribution in [0, 0.1) is 0 Å². The third-order valence-corrected chi connectivity index (χ3v) is 3.87. The summed E-state index contributed by atoms with van der Waals surface area (Å²) in [7, 11) is 0. The first-order chi connectivity index (χ1) is 9.70. The van der Waals surface area contributed by atoms with Gasteiger partial charge in [-0.2, -0.15) is 0 Å². The molecule has 2 amide bonds. The van der Waals surface area contributed by atoms with E-state index in [4.69, 9.17) is 11.6 Å². The molecule has 20 heavy (non-hydrogen) atoms. The Balaban J connectivity index is 2.07. The molecule has 0 fully saturated rings. The molecule has 0 radical (unpaired) electrons. The minimum Gasteiger partial charge on any atom is -0.316 e. The van der Waals surface area contributed by atoms with E-state index in [9.17, 15) is 4.79 Å². The van der Waals surface area contributed by atoms with Crippen molar-refractivity contribution in [3.63, 3.8) is 0 Å². The summed E-state index contributed by atoms with van der Waals surface area (Å²) in [6.45, 7) is 4.73. The fourth-order valence-electron chi connectivity index (χ4n) is 1.72. The topological polar surface area (TPSA) is 32.3 Å². The summed E-state index contributed by atoms with van der Waals surface area (Å²) in [5.41, 5.74) is 0.611. The molecule has 2 rings (SSSR count). The minimum atomic E-state index is -0.189. The Morgan fingerprint density at radius 3 is 2.80 bits per heavy atom. The normalized spacial score (nSPS) is 10.1. The summed E-state index contributed by atoms with van der Waals surface area (Å²) in [6, 6.07) is 11.0. The number of nitrogens with zero attached hydrogens (tertiary/aromatic N) is 1. The van der Waals surface area contributed by atoms with Crippen LogP contribution < -0.4 is 5.32 Å². The quantitative estimate of drug-likeness (QED) is 0.803. The molecule has 104 valence electrons. The number of hydrogen-bond donors (Lipinski definition) is 1. The predicted molar refractivity (Wildman–Crippen MR) is 85.4 cm³/mol. The van der Waals surface area contributed by atoms with Crippen LogP contribution in [0.15, 0.2) is 54.4 Å². The Hall–Kier alpha value is -1.78. The summed E-state index contributed by atoms with van der Waals surface area (Å²) in [4.78, 5) is 15.1. The zero-order valence-corrected chi connectivity index (χ0v) is 12.5. The van der Waals surface area contributed by atoms with Gasteiger partial charge in [-0.25, -0.2) is 4.79 Å². The molecule has 2 aromatic rings. The second kappa shape index (κ2) is 7.12. The van der Waals surface area contributed by atoms with E-state index in [0.717, 1.165) is 4.88 Å². The molecule has 0 atom stereocenters. The maximum Gasteiger partial charge on any atom is 0.322 e. The van der Waals surface area contributed by atoms with Crippen LogP contribution in [-0.4, -0.2) is 17.5 Å². The molecule has 3 nitrogen and oxygen atoms in total. The number of nitrogens with one attached hydrogen (secondary N) is 1. The Kier molecular flexibility index (Phi) is 5.21. The highest BCUT2D eigenvalue weighted by Crippen LogP contribution is 2.21. The van der Waals surface area contributed by atoms with Crippen molar-refractivity contribution in [1.29, 1.82) is 0 Å². The number of carbonyl (C=O) groups is 1.